The van der Waals surface area contributed by atoms with Crippen molar-refractivity contribution in [1.29, 1.82) is 0 Å². The Morgan fingerprint density at radius 2 is 1.58 bits per heavy atom. The third-order valence-corrected chi connectivity index (χ3v) is 1.52. The second-order valence-corrected chi connectivity index (χ2v) is 2.72. The van der Waals surface area contributed by atoms with Crippen LogP contribution in [0.25, 0.3) is 0 Å². The summed E-state index contributed by atoms with van der Waals surface area (Å²) in [5.41, 5.74) is 0. The maximum absolute atomic E-state index is 5.36. The molecule has 0 aromatic carbocycles. The summed E-state index contributed by atoms with van der Waals surface area (Å²) < 4.78 is 5.36. The van der Waals surface area contributed by atoms with Gasteiger partial charge in [-0.25, -0.2) is 0 Å². The molecule has 74 valence electrons. The van der Waals surface area contributed by atoms with E-state index in [1.807, 2.05) is 0 Å². The van der Waals surface area contributed by atoms with Gasteiger partial charge >= 0.3 is 0 Å². The van der Waals surface area contributed by atoms with Crippen molar-refractivity contribution in [2.75, 3.05) is 39.4 Å². The molecule has 0 aromatic rings. The molecule has 0 aliphatic heterocycles. The predicted molar refractivity (Wildman–Crippen MR) is 52.5 cm³/mol. The van der Waals surface area contributed by atoms with Crippen molar-refractivity contribution < 1.29 is 4.74 Å². The monoisotopic (exact) mass is 174 g/mol. The zero-order valence-electron chi connectivity index (χ0n) is 8.36. The van der Waals surface area contributed by atoms with Gasteiger partial charge in [0.05, 0.1) is 13.2 Å². The fourth-order valence-electron chi connectivity index (χ4n) is 0.869. The Hall–Kier alpha value is -0.120. The van der Waals surface area contributed by atoms with Crippen LogP contribution in [0.1, 0.15) is 20.3 Å². The van der Waals surface area contributed by atoms with Crippen LogP contribution in [0.5, 0.6) is 0 Å². The molecule has 0 heterocycles. The lowest BCUT2D eigenvalue weighted by molar-refractivity contribution is 0.138. The standard InChI is InChI=1S/C9H22N2O/c1-3-5-11-7-9-12-8-6-10-4-2/h10-11H,3-9H2,1-2H3. The van der Waals surface area contributed by atoms with Gasteiger partial charge in [0.15, 0.2) is 0 Å². The topological polar surface area (TPSA) is 33.3 Å². The van der Waals surface area contributed by atoms with Gasteiger partial charge in [0.2, 0.25) is 0 Å². The van der Waals surface area contributed by atoms with Crippen molar-refractivity contribution in [1.82, 2.24) is 10.6 Å². The molecule has 3 nitrogen and oxygen atoms in total. The number of ether oxygens (including phenoxy) is 1. The highest BCUT2D eigenvalue weighted by molar-refractivity contribution is 4.44. The van der Waals surface area contributed by atoms with E-state index in [9.17, 15) is 0 Å². The van der Waals surface area contributed by atoms with E-state index < -0.39 is 0 Å². The summed E-state index contributed by atoms with van der Waals surface area (Å²) >= 11 is 0. The van der Waals surface area contributed by atoms with Gasteiger partial charge in [-0.2, -0.15) is 0 Å². The number of hydrogen-bond donors (Lipinski definition) is 2. The van der Waals surface area contributed by atoms with E-state index in [2.05, 4.69) is 24.5 Å². The number of hydrogen-bond acceptors (Lipinski definition) is 3. The van der Waals surface area contributed by atoms with E-state index in [1.54, 1.807) is 0 Å². The molecule has 0 bridgehead atoms. The first-order valence-electron chi connectivity index (χ1n) is 4.91. The molecule has 0 spiro atoms. The summed E-state index contributed by atoms with van der Waals surface area (Å²) in [4.78, 5) is 0. The first-order valence-corrected chi connectivity index (χ1v) is 4.91. The lowest BCUT2D eigenvalue weighted by Gasteiger charge is -2.05. The molecule has 0 aliphatic rings. The van der Waals surface area contributed by atoms with E-state index in [0.29, 0.717) is 0 Å². The Morgan fingerprint density at radius 3 is 2.17 bits per heavy atom. The van der Waals surface area contributed by atoms with Crippen LogP contribution in [0.4, 0.5) is 0 Å². The SMILES string of the molecule is CCCNCCOCCNCC. The zero-order chi connectivity index (χ0) is 9.07. The molecule has 0 saturated carbocycles. The Balaban J connectivity index is 2.73. The Labute approximate surface area is 75.9 Å². The van der Waals surface area contributed by atoms with Gasteiger partial charge < -0.3 is 15.4 Å². The lowest BCUT2D eigenvalue weighted by Crippen LogP contribution is -2.23. The van der Waals surface area contributed by atoms with E-state index in [4.69, 9.17) is 4.74 Å². The molecule has 2 N–H and O–H groups in total. The number of rotatable bonds is 9. The van der Waals surface area contributed by atoms with Crippen molar-refractivity contribution in [2.24, 2.45) is 0 Å². The fraction of sp³-hybridized carbons (Fsp3) is 1.00. The Kier molecular flexibility index (Phi) is 10.8. The largest absolute Gasteiger partial charge is 0.379 e. The summed E-state index contributed by atoms with van der Waals surface area (Å²) in [6.45, 7) is 9.97. The summed E-state index contributed by atoms with van der Waals surface area (Å²) in [7, 11) is 0. The molecule has 3 heteroatoms. The van der Waals surface area contributed by atoms with Gasteiger partial charge in [0.25, 0.3) is 0 Å². The van der Waals surface area contributed by atoms with E-state index in [1.165, 1.54) is 6.42 Å². The molecule has 0 rings (SSSR count). The normalized spacial score (nSPS) is 10.5. The molecular weight excluding hydrogens is 152 g/mol. The smallest absolute Gasteiger partial charge is 0.0591 e. The molecule has 0 atom stereocenters. The minimum atomic E-state index is 0.821. The van der Waals surface area contributed by atoms with Gasteiger partial charge in [-0.1, -0.05) is 13.8 Å². The summed E-state index contributed by atoms with van der Waals surface area (Å²) in [5, 5.41) is 6.49. The minimum absolute atomic E-state index is 0.821. The van der Waals surface area contributed by atoms with Gasteiger partial charge in [0.1, 0.15) is 0 Å². The molecule has 0 aliphatic carbocycles. The highest BCUT2D eigenvalue weighted by Crippen LogP contribution is 1.73. The minimum Gasteiger partial charge on any atom is -0.379 e. The molecule has 0 aromatic heterocycles. The van der Waals surface area contributed by atoms with E-state index in [-0.39, 0.29) is 0 Å². The second-order valence-electron chi connectivity index (χ2n) is 2.72. The number of likely N-dealkylation sites (N-methyl/N-ethyl adjacent to an activating group) is 1. The summed E-state index contributed by atoms with van der Waals surface area (Å²) in [5.74, 6) is 0. The van der Waals surface area contributed by atoms with E-state index in [0.717, 1.165) is 39.4 Å². The van der Waals surface area contributed by atoms with Gasteiger partial charge in [-0.05, 0) is 19.5 Å². The van der Waals surface area contributed by atoms with Crippen LogP contribution in [0, 0.1) is 0 Å². The molecular formula is C9H22N2O. The van der Waals surface area contributed by atoms with Crippen LogP contribution in [0.2, 0.25) is 0 Å². The average Bonchev–Trinajstić information content (AvgIpc) is 2.10. The zero-order valence-corrected chi connectivity index (χ0v) is 8.36. The predicted octanol–water partition coefficient (Wildman–Crippen LogP) is 0.612. The van der Waals surface area contributed by atoms with Crippen LogP contribution >= 0.6 is 0 Å². The first-order chi connectivity index (χ1) is 5.91. The summed E-state index contributed by atoms with van der Waals surface area (Å²) in [6, 6.07) is 0. The van der Waals surface area contributed by atoms with Crippen LogP contribution < -0.4 is 10.6 Å². The Morgan fingerprint density at radius 1 is 0.917 bits per heavy atom. The first kappa shape index (κ1) is 11.9. The fourth-order valence-corrected chi connectivity index (χ4v) is 0.869. The molecule has 12 heavy (non-hydrogen) atoms. The van der Waals surface area contributed by atoms with Crippen LogP contribution in [-0.4, -0.2) is 39.4 Å². The molecule has 0 radical (unpaired) electrons. The maximum atomic E-state index is 5.36. The highest BCUT2D eigenvalue weighted by atomic mass is 16.5. The maximum Gasteiger partial charge on any atom is 0.0591 e. The van der Waals surface area contributed by atoms with Crippen molar-refractivity contribution in [3.63, 3.8) is 0 Å². The lowest BCUT2D eigenvalue weighted by atomic mass is 10.5. The quantitative estimate of drug-likeness (QED) is 0.503. The second kappa shape index (κ2) is 10.9. The molecule has 0 unspecified atom stereocenters. The molecule has 0 fully saturated rings. The summed E-state index contributed by atoms with van der Waals surface area (Å²) in [6.07, 6.45) is 1.19. The van der Waals surface area contributed by atoms with Crippen molar-refractivity contribution in [3.05, 3.63) is 0 Å². The van der Waals surface area contributed by atoms with Crippen molar-refractivity contribution in [3.8, 4) is 0 Å². The van der Waals surface area contributed by atoms with Gasteiger partial charge in [0, 0.05) is 13.1 Å². The molecule has 0 amide bonds. The van der Waals surface area contributed by atoms with Crippen LogP contribution in [-0.2, 0) is 4.74 Å². The van der Waals surface area contributed by atoms with Gasteiger partial charge in [-0.15, -0.1) is 0 Å². The van der Waals surface area contributed by atoms with Crippen LogP contribution in [0.15, 0.2) is 0 Å². The van der Waals surface area contributed by atoms with Gasteiger partial charge in [-0.3, -0.25) is 0 Å². The Bertz CT molecular complexity index is 68.9. The average molecular weight is 174 g/mol. The highest BCUT2D eigenvalue weighted by Gasteiger charge is 1.87. The van der Waals surface area contributed by atoms with Crippen molar-refractivity contribution >= 4 is 0 Å². The van der Waals surface area contributed by atoms with Crippen molar-refractivity contribution in [2.45, 2.75) is 20.3 Å². The van der Waals surface area contributed by atoms with Crippen LogP contribution in [0.3, 0.4) is 0 Å². The third-order valence-electron chi connectivity index (χ3n) is 1.52. The third kappa shape index (κ3) is 9.88. The van der Waals surface area contributed by atoms with E-state index >= 15 is 0 Å². The molecule has 0 saturated heterocycles. The number of nitrogens with one attached hydrogen (secondary N) is 2.